The molecule has 0 aromatic heterocycles. The molecule has 4 heteroatoms. The van der Waals surface area contributed by atoms with E-state index in [1.165, 1.54) is 6.92 Å². The predicted molar refractivity (Wildman–Crippen MR) is 62.3 cm³/mol. The Balaban J connectivity index is 3.48. The molecule has 0 spiro atoms. The van der Waals surface area contributed by atoms with Gasteiger partial charge in [0.15, 0.2) is 5.75 Å². The minimum Gasteiger partial charge on any atom is -0.504 e. The van der Waals surface area contributed by atoms with Crippen molar-refractivity contribution in [2.75, 3.05) is 5.32 Å². The molecule has 0 aliphatic rings. The SMILES string of the molecule is C=c1cc(NC(C)=O)c(O)c(Cl)c1=CC. The molecule has 0 aliphatic carbocycles. The fourth-order valence-electron chi connectivity index (χ4n) is 1.30. The number of hydrogen-bond donors (Lipinski definition) is 2. The molecule has 0 saturated carbocycles. The number of anilines is 1. The number of hydrogen-bond acceptors (Lipinski definition) is 2. The van der Waals surface area contributed by atoms with Crippen molar-refractivity contribution in [3.05, 3.63) is 21.5 Å². The van der Waals surface area contributed by atoms with E-state index >= 15 is 0 Å². The summed E-state index contributed by atoms with van der Waals surface area (Å²) in [6, 6.07) is 1.58. The smallest absolute Gasteiger partial charge is 0.221 e. The lowest BCUT2D eigenvalue weighted by atomic mass is 10.2. The average Bonchev–Trinajstić information content (AvgIpc) is 2.14. The van der Waals surface area contributed by atoms with Crippen LogP contribution in [0.5, 0.6) is 5.75 Å². The quantitative estimate of drug-likeness (QED) is 0.706. The number of phenols is 1. The van der Waals surface area contributed by atoms with Gasteiger partial charge in [-0.2, -0.15) is 0 Å². The third-order valence-electron chi connectivity index (χ3n) is 1.96. The van der Waals surface area contributed by atoms with Crippen LogP contribution in [0.4, 0.5) is 5.69 Å². The molecule has 1 aromatic rings. The molecule has 1 amide bonds. The maximum Gasteiger partial charge on any atom is 0.221 e. The molecule has 0 bridgehead atoms. The van der Waals surface area contributed by atoms with Crippen LogP contribution in [-0.4, -0.2) is 11.0 Å². The number of carbonyl (C=O) groups is 1. The highest BCUT2D eigenvalue weighted by Crippen LogP contribution is 2.26. The second-order valence-electron chi connectivity index (χ2n) is 3.13. The van der Waals surface area contributed by atoms with Crippen molar-refractivity contribution >= 4 is 35.9 Å². The lowest BCUT2D eigenvalue weighted by molar-refractivity contribution is -0.114. The molecular weight excluding hydrogens is 214 g/mol. The number of carbonyl (C=O) groups excluding carboxylic acids is 1. The highest BCUT2D eigenvalue weighted by molar-refractivity contribution is 6.32. The van der Waals surface area contributed by atoms with Crippen LogP contribution in [-0.2, 0) is 4.79 Å². The van der Waals surface area contributed by atoms with Crippen molar-refractivity contribution in [2.24, 2.45) is 0 Å². The molecule has 0 aliphatic heterocycles. The van der Waals surface area contributed by atoms with Gasteiger partial charge in [0.1, 0.15) is 0 Å². The number of phenolic OH excluding ortho intramolecular Hbond substituents is 1. The molecule has 0 heterocycles. The summed E-state index contributed by atoms with van der Waals surface area (Å²) in [4.78, 5) is 10.8. The molecule has 15 heavy (non-hydrogen) atoms. The lowest BCUT2D eigenvalue weighted by Crippen LogP contribution is -2.25. The van der Waals surface area contributed by atoms with Crippen molar-refractivity contribution in [2.45, 2.75) is 13.8 Å². The number of halogens is 1. The van der Waals surface area contributed by atoms with Crippen molar-refractivity contribution in [3.8, 4) is 5.75 Å². The summed E-state index contributed by atoms with van der Waals surface area (Å²) in [5.74, 6) is -0.402. The van der Waals surface area contributed by atoms with Crippen LogP contribution >= 0.6 is 11.6 Å². The minimum atomic E-state index is -0.269. The molecule has 0 radical (unpaired) electrons. The Bertz CT molecular complexity index is 508. The predicted octanol–water partition coefficient (Wildman–Crippen LogP) is 1.21. The zero-order valence-corrected chi connectivity index (χ0v) is 9.35. The van der Waals surface area contributed by atoms with Gasteiger partial charge in [-0.25, -0.2) is 0 Å². The van der Waals surface area contributed by atoms with E-state index in [2.05, 4.69) is 11.9 Å². The Morgan fingerprint density at radius 1 is 1.67 bits per heavy atom. The molecule has 0 saturated heterocycles. The van der Waals surface area contributed by atoms with Crippen LogP contribution in [0.25, 0.3) is 12.7 Å². The van der Waals surface area contributed by atoms with E-state index in [4.69, 9.17) is 11.6 Å². The Labute approximate surface area is 92.7 Å². The standard InChI is InChI=1S/C11H12ClNO2/c1-4-8-6(2)5-9(13-7(3)14)11(15)10(8)12/h4-5,15H,2H2,1,3H3,(H,13,14). The van der Waals surface area contributed by atoms with E-state index in [9.17, 15) is 9.90 Å². The van der Waals surface area contributed by atoms with Crippen LogP contribution in [0.3, 0.4) is 0 Å². The largest absolute Gasteiger partial charge is 0.504 e. The molecule has 0 unspecified atom stereocenters. The van der Waals surface area contributed by atoms with E-state index < -0.39 is 0 Å². The summed E-state index contributed by atoms with van der Waals surface area (Å²) in [7, 11) is 0. The molecule has 1 aromatic carbocycles. The van der Waals surface area contributed by atoms with Gasteiger partial charge in [-0.15, -0.1) is 0 Å². The van der Waals surface area contributed by atoms with Gasteiger partial charge >= 0.3 is 0 Å². The summed E-state index contributed by atoms with van der Waals surface area (Å²) in [5, 5.41) is 13.7. The van der Waals surface area contributed by atoms with Crippen molar-refractivity contribution < 1.29 is 9.90 Å². The molecule has 0 fully saturated rings. The summed E-state index contributed by atoms with van der Waals surface area (Å²) < 4.78 is 0. The summed E-state index contributed by atoms with van der Waals surface area (Å²) >= 11 is 5.91. The second kappa shape index (κ2) is 4.36. The van der Waals surface area contributed by atoms with E-state index in [1.807, 2.05) is 0 Å². The van der Waals surface area contributed by atoms with Crippen LogP contribution in [0.2, 0.25) is 5.02 Å². The number of aromatic hydroxyl groups is 1. The first-order chi connectivity index (χ1) is 6.97. The number of amides is 1. The average molecular weight is 226 g/mol. The fourth-order valence-corrected chi connectivity index (χ4v) is 1.64. The highest BCUT2D eigenvalue weighted by atomic mass is 35.5. The maximum atomic E-state index is 10.8. The first-order valence-electron chi connectivity index (χ1n) is 4.41. The van der Waals surface area contributed by atoms with Gasteiger partial charge in [0.05, 0.1) is 10.7 Å². The van der Waals surface area contributed by atoms with Gasteiger partial charge in [-0.3, -0.25) is 4.79 Å². The zero-order chi connectivity index (χ0) is 11.6. The van der Waals surface area contributed by atoms with Crippen molar-refractivity contribution in [1.82, 2.24) is 0 Å². The third kappa shape index (κ3) is 2.30. The van der Waals surface area contributed by atoms with Gasteiger partial charge in [-0.1, -0.05) is 24.3 Å². The molecule has 2 N–H and O–H groups in total. The van der Waals surface area contributed by atoms with Crippen molar-refractivity contribution in [3.63, 3.8) is 0 Å². The molecule has 80 valence electrons. The zero-order valence-electron chi connectivity index (χ0n) is 8.60. The van der Waals surface area contributed by atoms with Crippen LogP contribution in [0.15, 0.2) is 6.07 Å². The Morgan fingerprint density at radius 2 is 2.27 bits per heavy atom. The number of nitrogens with one attached hydrogen (secondary N) is 1. The Morgan fingerprint density at radius 3 is 2.73 bits per heavy atom. The van der Waals surface area contributed by atoms with E-state index in [0.717, 1.165) is 0 Å². The van der Waals surface area contributed by atoms with Crippen LogP contribution in [0.1, 0.15) is 13.8 Å². The summed E-state index contributed by atoms with van der Waals surface area (Å²) in [6.07, 6.45) is 1.75. The van der Waals surface area contributed by atoms with E-state index in [1.54, 1.807) is 19.1 Å². The Kier molecular flexibility index (Phi) is 3.37. The third-order valence-corrected chi connectivity index (χ3v) is 2.35. The monoisotopic (exact) mass is 225 g/mol. The molecule has 3 nitrogen and oxygen atoms in total. The van der Waals surface area contributed by atoms with Crippen molar-refractivity contribution in [1.29, 1.82) is 0 Å². The van der Waals surface area contributed by atoms with Crippen LogP contribution < -0.4 is 15.8 Å². The Hall–Kier alpha value is -1.48. The van der Waals surface area contributed by atoms with Gasteiger partial charge in [0.2, 0.25) is 5.91 Å². The molecule has 0 atom stereocenters. The van der Waals surface area contributed by atoms with Gasteiger partial charge in [-0.05, 0) is 23.4 Å². The first-order valence-corrected chi connectivity index (χ1v) is 4.79. The lowest BCUT2D eigenvalue weighted by Gasteiger charge is -2.07. The van der Waals surface area contributed by atoms with Gasteiger partial charge in [0.25, 0.3) is 0 Å². The van der Waals surface area contributed by atoms with Crippen LogP contribution in [0, 0.1) is 0 Å². The first kappa shape index (κ1) is 11.6. The highest BCUT2D eigenvalue weighted by Gasteiger charge is 2.08. The van der Waals surface area contributed by atoms with E-state index in [-0.39, 0.29) is 22.4 Å². The second-order valence-corrected chi connectivity index (χ2v) is 3.51. The number of rotatable bonds is 1. The van der Waals surface area contributed by atoms with E-state index in [0.29, 0.717) is 10.4 Å². The fraction of sp³-hybridized carbons (Fsp3) is 0.182. The summed E-state index contributed by atoms with van der Waals surface area (Å²) in [5.41, 5.74) is 0.281. The number of benzene rings is 1. The topological polar surface area (TPSA) is 49.3 Å². The minimum absolute atomic E-state index is 0.132. The molecular formula is C11H12ClNO2. The van der Waals surface area contributed by atoms with Gasteiger partial charge < -0.3 is 10.4 Å². The molecule has 1 rings (SSSR count). The van der Waals surface area contributed by atoms with Gasteiger partial charge in [0, 0.05) is 6.92 Å². The maximum absolute atomic E-state index is 10.8. The summed E-state index contributed by atoms with van der Waals surface area (Å²) in [6.45, 7) is 6.94. The normalized spacial score (nSPS) is 11.5.